The summed E-state index contributed by atoms with van der Waals surface area (Å²) in [5.41, 5.74) is 2.69. The van der Waals surface area contributed by atoms with Crippen molar-refractivity contribution in [1.82, 2.24) is 14.8 Å². The molecule has 5 rings (SSSR count). The van der Waals surface area contributed by atoms with Crippen LogP contribution in [0.25, 0.3) is 11.4 Å². The van der Waals surface area contributed by atoms with Crippen LogP contribution >= 0.6 is 15.9 Å². The zero-order chi connectivity index (χ0) is 19.8. The summed E-state index contributed by atoms with van der Waals surface area (Å²) in [7, 11) is 0. The Balaban J connectivity index is 1.61. The zero-order valence-electron chi connectivity index (χ0n) is 15.5. The largest absolute Gasteiger partial charge is 0.347 e. The van der Waals surface area contributed by atoms with Crippen LogP contribution in [0.15, 0.2) is 83.3 Å². The van der Waals surface area contributed by atoms with Crippen LogP contribution in [0.3, 0.4) is 0 Å². The molecule has 4 nitrogen and oxygen atoms in total. The number of nitrogens with one attached hydrogen (secondary N) is 1. The second-order valence-corrected chi connectivity index (χ2v) is 8.01. The van der Waals surface area contributed by atoms with Gasteiger partial charge >= 0.3 is 0 Å². The van der Waals surface area contributed by atoms with E-state index in [-0.39, 0.29) is 17.9 Å². The van der Waals surface area contributed by atoms with E-state index in [0.29, 0.717) is 23.8 Å². The molecule has 1 N–H and O–H groups in total. The van der Waals surface area contributed by atoms with Crippen molar-refractivity contribution in [3.8, 4) is 11.4 Å². The van der Waals surface area contributed by atoms with Gasteiger partial charge in [-0.15, -0.1) is 5.10 Å². The number of hydrogen-bond acceptors (Lipinski definition) is 3. The molecule has 1 aliphatic rings. The predicted octanol–water partition coefficient (Wildman–Crippen LogP) is 5.99. The molecule has 0 aliphatic carbocycles. The minimum Gasteiger partial charge on any atom is -0.347 e. The van der Waals surface area contributed by atoms with E-state index >= 15 is 0 Å². The first-order chi connectivity index (χ1) is 14.2. The molecule has 1 aromatic heterocycles. The minimum atomic E-state index is -0.244. The Morgan fingerprint density at radius 2 is 1.66 bits per heavy atom. The second kappa shape index (κ2) is 7.44. The van der Waals surface area contributed by atoms with Gasteiger partial charge in [0.05, 0.1) is 12.1 Å². The zero-order valence-corrected chi connectivity index (χ0v) is 17.1. The molecule has 3 aromatic carbocycles. The van der Waals surface area contributed by atoms with Crippen LogP contribution in [0.5, 0.6) is 0 Å². The number of rotatable bonds is 3. The van der Waals surface area contributed by atoms with Crippen molar-refractivity contribution in [2.45, 2.75) is 18.5 Å². The normalized spacial score (nSPS) is 18.1. The Bertz CT molecular complexity index is 1140. The molecule has 6 heteroatoms. The standard InChI is InChI=1S/C23H18BrFN4/c24-17-12-10-15(11-13-17)20-14-21(18-8-4-5-9-19(18)25)29-23(26-20)27-22(28-29)16-6-2-1-3-7-16/h1-13,20-21H,14H2,(H,26,27,28). The number of benzene rings is 3. The van der Waals surface area contributed by atoms with Crippen LogP contribution in [0.1, 0.15) is 29.6 Å². The summed E-state index contributed by atoms with van der Waals surface area (Å²) in [5.74, 6) is 1.05. The van der Waals surface area contributed by atoms with Gasteiger partial charge in [-0.25, -0.2) is 9.07 Å². The molecule has 2 unspecified atom stereocenters. The molecule has 29 heavy (non-hydrogen) atoms. The van der Waals surface area contributed by atoms with Crippen LogP contribution in [0.4, 0.5) is 10.3 Å². The number of nitrogens with zero attached hydrogens (tertiary/aromatic N) is 3. The maximum atomic E-state index is 14.7. The van der Waals surface area contributed by atoms with Gasteiger partial charge in [0.1, 0.15) is 5.82 Å². The fraction of sp³-hybridized carbons (Fsp3) is 0.130. The van der Waals surface area contributed by atoms with Crippen molar-refractivity contribution in [2.75, 3.05) is 5.32 Å². The van der Waals surface area contributed by atoms with Crippen LogP contribution in [0, 0.1) is 5.82 Å². The summed E-state index contributed by atoms with van der Waals surface area (Å²) in [6.45, 7) is 0. The highest BCUT2D eigenvalue weighted by molar-refractivity contribution is 9.10. The van der Waals surface area contributed by atoms with E-state index in [9.17, 15) is 4.39 Å². The predicted molar refractivity (Wildman–Crippen MR) is 115 cm³/mol. The molecular formula is C23H18BrFN4. The Hall–Kier alpha value is -2.99. The summed E-state index contributed by atoms with van der Waals surface area (Å²) >= 11 is 3.49. The van der Waals surface area contributed by atoms with E-state index in [1.807, 2.05) is 59.3 Å². The van der Waals surface area contributed by atoms with Crippen molar-refractivity contribution >= 4 is 21.9 Å². The van der Waals surface area contributed by atoms with E-state index in [4.69, 9.17) is 10.1 Å². The number of halogens is 2. The molecule has 0 saturated heterocycles. The van der Waals surface area contributed by atoms with E-state index < -0.39 is 0 Å². The number of hydrogen-bond donors (Lipinski definition) is 1. The SMILES string of the molecule is Fc1ccccc1C1CC(c2ccc(Br)cc2)Nc2nc(-c3ccccc3)nn21. The molecule has 1 aliphatic heterocycles. The third-order valence-corrected chi connectivity index (χ3v) is 5.79. The first-order valence-electron chi connectivity index (χ1n) is 9.47. The molecular weight excluding hydrogens is 431 g/mol. The summed E-state index contributed by atoms with van der Waals surface area (Å²) in [4.78, 5) is 4.73. The fourth-order valence-electron chi connectivity index (χ4n) is 3.80. The summed E-state index contributed by atoms with van der Waals surface area (Å²) in [5, 5.41) is 8.22. The first kappa shape index (κ1) is 18.1. The first-order valence-corrected chi connectivity index (χ1v) is 10.3. The molecule has 2 atom stereocenters. The molecule has 0 bridgehead atoms. The lowest BCUT2D eigenvalue weighted by atomic mass is 9.93. The van der Waals surface area contributed by atoms with Crippen molar-refractivity contribution < 1.29 is 4.39 Å². The van der Waals surface area contributed by atoms with Crippen LogP contribution < -0.4 is 5.32 Å². The average molecular weight is 449 g/mol. The minimum absolute atomic E-state index is 0.00743. The number of aromatic nitrogens is 3. The van der Waals surface area contributed by atoms with E-state index in [2.05, 4.69) is 33.4 Å². The van der Waals surface area contributed by atoms with Crippen molar-refractivity contribution in [2.24, 2.45) is 0 Å². The smallest absolute Gasteiger partial charge is 0.222 e. The van der Waals surface area contributed by atoms with Gasteiger partial charge in [0.15, 0.2) is 5.82 Å². The highest BCUT2D eigenvalue weighted by Gasteiger charge is 2.32. The van der Waals surface area contributed by atoms with Gasteiger partial charge in [0.25, 0.3) is 0 Å². The van der Waals surface area contributed by atoms with E-state index in [1.54, 1.807) is 6.07 Å². The van der Waals surface area contributed by atoms with Crippen LogP contribution in [-0.4, -0.2) is 14.8 Å². The molecule has 0 fully saturated rings. The third-order valence-electron chi connectivity index (χ3n) is 5.26. The molecule has 4 aromatic rings. The Labute approximate surface area is 176 Å². The van der Waals surface area contributed by atoms with E-state index in [1.165, 1.54) is 6.07 Å². The summed E-state index contributed by atoms with van der Waals surface area (Å²) < 4.78 is 17.5. The van der Waals surface area contributed by atoms with Crippen molar-refractivity contribution in [1.29, 1.82) is 0 Å². The quantitative estimate of drug-likeness (QED) is 0.418. The lowest BCUT2D eigenvalue weighted by Gasteiger charge is -2.32. The number of fused-ring (bicyclic) bond motifs is 1. The summed E-state index contributed by atoms with van der Waals surface area (Å²) in [6.07, 6.45) is 0.674. The lowest BCUT2D eigenvalue weighted by molar-refractivity contribution is 0.416. The van der Waals surface area contributed by atoms with Crippen molar-refractivity contribution in [3.63, 3.8) is 0 Å². The monoisotopic (exact) mass is 448 g/mol. The van der Waals surface area contributed by atoms with Gasteiger partial charge in [-0.1, -0.05) is 76.6 Å². The van der Waals surface area contributed by atoms with E-state index in [0.717, 1.165) is 15.6 Å². The highest BCUT2D eigenvalue weighted by Crippen LogP contribution is 2.39. The maximum absolute atomic E-state index is 14.7. The van der Waals surface area contributed by atoms with Gasteiger partial charge in [-0.3, -0.25) is 0 Å². The molecule has 0 spiro atoms. The summed E-state index contributed by atoms with van der Waals surface area (Å²) in [6, 6.07) is 24.7. The van der Waals surface area contributed by atoms with Gasteiger partial charge < -0.3 is 5.32 Å². The van der Waals surface area contributed by atoms with Gasteiger partial charge in [0.2, 0.25) is 5.95 Å². The third kappa shape index (κ3) is 3.44. The van der Waals surface area contributed by atoms with Gasteiger partial charge in [0, 0.05) is 15.6 Å². The lowest BCUT2D eigenvalue weighted by Crippen LogP contribution is -2.28. The molecule has 144 valence electrons. The molecule has 2 heterocycles. The fourth-order valence-corrected chi connectivity index (χ4v) is 4.07. The molecule has 0 saturated carbocycles. The van der Waals surface area contributed by atoms with Crippen molar-refractivity contribution in [3.05, 3.63) is 100 Å². The number of anilines is 1. The second-order valence-electron chi connectivity index (χ2n) is 7.09. The Kier molecular flexibility index (Phi) is 4.64. The highest BCUT2D eigenvalue weighted by atomic mass is 79.9. The van der Waals surface area contributed by atoms with Crippen LogP contribution in [-0.2, 0) is 0 Å². The Morgan fingerprint density at radius 1 is 0.931 bits per heavy atom. The van der Waals surface area contributed by atoms with Crippen LogP contribution in [0.2, 0.25) is 0 Å². The Morgan fingerprint density at radius 3 is 2.41 bits per heavy atom. The molecule has 0 amide bonds. The van der Waals surface area contributed by atoms with Gasteiger partial charge in [-0.05, 0) is 30.2 Å². The topological polar surface area (TPSA) is 42.7 Å². The maximum Gasteiger partial charge on any atom is 0.222 e. The average Bonchev–Trinajstić information content (AvgIpc) is 3.19. The molecule has 0 radical (unpaired) electrons. The van der Waals surface area contributed by atoms with Gasteiger partial charge in [-0.2, -0.15) is 4.98 Å².